The normalized spacial score (nSPS) is 21.8. The van der Waals surface area contributed by atoms with Crippen molar-refractivity contribution in [3.8, 4) is 5.75 Å². The Kier molecular flexibility index (Phi) is 6.13. The maximum absolute atomic E-state index is 13.6. The Hall–Kier alpha value is -3.56. The average Bonchev–Trinajstić information content (AvgIpc) is 3.36. The van der Waals surface area contributed by atoms with Gasteiger partial charge >= 0.3 is 6.18 Å². The van der Waals surface area contributed by atoms with Gasteiger partial charge in [-0.2, -0.15) is 13.2 Å². The van der Waals surface area contributed by atoms with Gasteiger partial charge in [-0.3, -0.25) is 14.4 Å². The summed E-state index contributed by atoms with van der Waals surface area (Å²) in [7, 11) is 0. The second-order valence-electron chi connectivity index (χ2n) is 8.36. The van der Waals surface area contributed by atoms with Crippen LogP contribution >= 0.6 is 11.6 Å². The molecule has 0 aliphatic carbocycles. The summed E-state index contributed by atoms with van der Waals surface area (Å²) in [6, 6.07) is 16.7. The summed E-state index contributed by atoms with van der Waals surface area (Å²) in [6.45, 7) is 2.31. The number of hydroxylamine groups is 1. The van der Waals surface area contributed by atoms with Crippen LogP contribution in [0.3, 0.4) is 0 Å². The molecule has 3 aromatic rings. The van der Waals surface area contributed by atoms with E-state index >= 15 is 0 Å². The first-order valence-corrected chi connectivity index (χ1v) is 11.6. The van der Waals surface area contributed by atoms with Gasteiger partial charge in [0.05, 0.1) is 29.6 Å². The van der Waals surface area contributed by atoms with Crippen LogP contribution in [0.4, 0.5) is 24.5 Å². The molecular formula is C26H20ClF3N2O4. The first kappa shape index (κ1) is 24.1. The fraction of sp³-hybridized carbons (Fsp3) is 0.231. The van der Waals surface area contributed by atoms with Gasteiger partial charge in [0.2, 0.25) is 5.91 Å². The number of ether oxygens (including phenoxy) is 1. The number of carbonyl (C=O) groups excluding carboxylic acids is 2. The Labute approximate surface area is 209 Å². The van der Waals surface area contributed by atoms with Crippen molar-refractivity contribution in [2.45, 2.75) is 25.2 Å². The van der Waals surface area contributed by atoms with Crippen LogP contribution in [0.15, 0.2) is 72.8 Å². The molecule has 36 heavy (non-hydrogen) atoms. The van der Waals surface area contributed by atoms with Crippen molar-refractivity contribution in [2.75, 3.05) is 16.6 Å². The highest BCUT2D eigenvalue weighted by Crippen LogP contribution is 2.48. The van der Waals surface area contributed by atoms with E-state index in [9.17, 15) is 22.8 Å². The van der Waals surface area contributed by atoms with Gasteiger partial charge in [-0.1, -0.05) is 23.7 Å². The predicted molar refractivity (Wildman–Crippen MR) is 127 cm³/mol. The molecule has 0 bridgehead atoms. The SMILES string of the molecule is CCOc1ccc(N2C(=O)[C@H]3[C@H](ON(c4ccc(Cl)cc4)[C@H]3c3ccc(C(F)(F)F)cc3)C2=O)cc1. The lowest BCUT2D eigenvalue weighted by Crippen LogP contribution is -2.37. The topological polar surface area (TPSA) is 59.1 Å². The molecule has 2 aliphatic heterocycles. The van der Waals surface area contributed by atoms with E-state index in [1.807, 2.05) is 6.92 Å². The standard InChI is InChI=1S/C26H20ClF3N2O4/c1-2-35-20-13-11-18(12-14-20)31-24(33)21-22(15-3-5-16(6-4-15)26(28,29)30)32(36-23(21)25(31)34)19-9-7-17(27)8-10-19/h3-14,21-23H,2H2,1H3/t21-,22+,23+/m1/s1. The third-order valence-electron chi connectivity index (χ3n) is 6.18. The molecule has 2 heterocycles. The van der Waals surface area contributed by atoms with Crippen LogP contribution in [-0.4, -0.2) is 24.5 Å². The van der Waals surface area contributed by atoms with E-state index in [-0.39, 0.29) is 0 Å². The quantitative estimate of drug-likeness (QED) is 0.401. The Balaban J connectivity index is 1.53. The monoisotopic (exact) mass is 516 g/mol. The van der Waals surface area contributed by atoms with Crippen LogP contribution in [0, 0.1) is 5.92 Å². The average molecular weight is 517 g/mol. The number of carbonyl (C=O) groups is 2. The van der Waals surface area contributed by atoms with Crippen LogP contribution in [-0.2, 0) is 20.6 Å². The maximum Gasteiger partial charge on any atom is 0.416 e. The van der Waals surface area contributed by atoms with Gasteiger partial charge < -0.3 is 4.74 Å². The number of rotatable bonds is 5. The summed E-state index contributed by atoms with van der Waals surface area (Å²) in [5.41, 5.74) is 0.451. The zero-order valence-corrected chi connectivity index (χ0v) is 19.7. The third kappa shape index (κ3) is 4.18. The summed E-state index contributed by atoms with van der Waals surface area (Å²) < 4.78 is 44.9. The van der Waals surface area contributed by atoms with Crippen molar-refractivity contribution in [2.24, 2.45) is 5.92 Å². The molecular weight excluding hydrogens is 497 g/mol. The summed E-state index contributed by atoms with van der Waals surface area (Å²) >= 11 is 6.00. The minimum atomic E-state index is -4.51. The van der Waals surface area contributed by atoms with Gasteiger partial charge in [0.15, 0.2) is 6.10 Å². The smallest absolute Gasteiger partial charge is 0.416 e. The highest BCUT2D eigenvalue weighted by Gasteiger charge is 2.60. The number of nitrogens with zero attached hydrogens (tertiary/aromatic N) is 2. The van der Waals surface area contributed by atoms with Crippen molar-refractivity contribution < 1.29 is 32.3 Å². The van der Waals surface area contributed by atoms with Gasteiger partial charge in [0.25, 0.3) is 5.91 Å². The molecule has 0 radical (unpaired) electrons. The number of benzene rings is 3. The second-order valence-corrected chi connectivity index (χ2v) is 8.79. The lowest BCUT2D eigenvalue weighted by Gasteiger charge is -2.29. The number of amides is 2. The molecule has 10 heteroatoms. The summed E-state index contributed by atoms with van der Waals surface area (Å²) in [4.78, 5) is 34.0. The first-order valence-electron chi connectivity index (χ1n) is 11.2. The van der Waals surface area contributed by atoms with Crippen molar-refractivity contribution in [1.29, 1.82) is 0 Å². The van der Waals surface area contributed by atoms with Crippen molar-refractivity contribution in [3.05, 3.63) is 88.9 Å². The van der Waals surface area contributed by atoms with Crippen molar-refractivity contribution >= 4 is 34.8 Å². The van der Waals surface area contributed by atoms with E-state index in [1.54, 1.807) is 48.5 Å². The number of fused-ring (bicyclic) bond motifs is 1. The number of anilines is 2. The molecule has 3 atom stereocenters. The van der Waals surface area contributed by atoms with Gasteiger partial charge in [-0.15, -0.1) is 0 Å². The van der Waals surface area contributed by atoms with Crippen LogP contribution in [0.25, 0.3) is 0 Å². The van der Waals surface area contributed by atoms with Crippen molar-refractivity contribution in [3.63, 3.8) is 0 Å². The van der Waals surface area contributed by atoms with E-state index in [1.165, 1.54) is 17.2 Å². The van der Waals surface area contributed by atoms with Gasteiger partial charge in [0.1, 0.15) is 11.7 Å². The van der Waals surface area contributed by atoms with Crippen LogP contribution < -0.4 is 14.7 Å². The fourth-order valence-electron chi connectivity index (χ4n) is 4.55. The Morgan fingerprint density at radius 2 is 1.50 bits per heavy atom. The lowest BCUT2D eigenvalue weighted by molar-refractivity contribution is -0.137. The number of halogens is 4. The molecule has 0 unspecified atom stereocenters. The van der Waals surface area contributed by atoms with Crippen LogP contribution in [0.5, 0.6) is 5.75 Å². The van der Waals surface area contributed by atoms with E-state index in [4.69, 9.17) is 21.2 Å². The number of hydrogen-bond donors (Lipinski definition) is 0. The molecule has 0 spiro atoms. The third-order valence-corrected chi connectivity index (χ3v) is 6.43. The zero-order chi connectivity index (χ0) is 25.6. The van der Waals surface area contributed by atoms with Crippen LogP contribution in [0.1, 0.15) is 24.1 Å². The number of hydrogen-bond acceptors (Lipinski definition) is 5. The number of imide groups is 1. The maximum atomic E-state index is 13.6. The van der Waals surface area contributed by atoms with Gasteiger partial charge in [-0.05, 0) is 73.2 Å². The predicted octanol–water partition coefficient (Wildman–Crippen LogP) is 5.81. The van der Waals surface area contributed by atoms with Crippen LogP contribution in [0.2, 0.25) is 5.02 Å². The highest BCUT2D eigenvalue weighted by molar-refractivity contribution is 6.30. The largest absolute Gasteiger partial charge is 0.494 e. The van der Waals surface area contributed by atoms with Gasteiger partial charge in [-0.25, -0.2) is 9.96 Å². The summed E-state index contributed by atoms with van der Waals surface area (Å²) in [5, 5.41) is 1.87. The second kappa shape index (κ2) is 9.15. The molecule has 2 amide bonds. The Morgan fingerprint density at radius 3 is 2.08 bits per heavy atom. The van der Waals surface area contributed by atoms with E-state index < -0.39 is 41.6 Å². The molecule has 0 aromatic heterocycles. The van der Waals surface area contributed by atoms with E-state index in [2.05, 4.69) is 0 Å². The molecule has 2 aliphatic rings. The molecule has 6 nitrogen and oxygen atoms in total. The molecule has 186 valence electrons. The molecule has 0 N–H and O–H groups in total. The fourth-order valence-corrected chi connectivity index (χ4v) is 4.67. The minimum absolute atomic E-state index is 0.357. The molecule has 0 saturated carbocycles. The Morgan fingerprint density at radius 1 is 0.889 bits per heavy atom. The van der Waals surface area contributed by atoms with E-state index in [0.29, 0.717) is 34.3 Å². The Bertz CT molecular complexity index is 1280. The minimum Gasteiger partial charge on any atom is -0.494 e. The first-order chi connectivity index (χ1) is 17.2. The molecule has 5 rings (SSSR count). The highest BCUT2D eigenvalue weighted by atomic mass is 35.5. The summed E-state index contributed by atoms with van der Waals surface area (Å²) in [6.07, 6.45) is -5.65. The molecule has 2 saturated heterocycles. The van der Waals surface area contributed by atoms with Gasteiger partial charge in [0, 0.05) is 5.02 Å². The zero-order valence-electron chi connectivity index (χ0n) is 18.9. The summed E-state index contributed by atoms with van der Waals surface area (Å²) in [5.74, 6) is -1.44. The van der Waals surface area contributed by atoms with Crippen molar-refractivity contribution in [1.82, 2.24) is 0 Å². The molecule has 2 fully saturated rings. The number of alkyl halides is 3. The lowest BCUT2D eigenvalue weighted by atomic mass is 9.90. The molecule has 3 aromatic carbocycles. The van der Waals surface area contributed by atoms with E-state index in [0.717, 1.165) is 17.0 Å².